The van der Waals surface area contributed by atoms with Crippen molar-refractivity contribution >= 4 is 11.6 Å². The Kier molecular flexibility index (Phi) is 6.37. The molecule has 2 N–H and O–H groups in total. The zero-order chi connectivity index (χ0) is 19.2. The van der Waals surface area contributed by atoms with E-state index in [4.69, 9.17) is 4.42 Å². The maximum absolute atomic E-state index is 5.63. The highest BCUT2D eigenvalue weighted by Crippen LogP contribution is 2.24. The molecule has 2 aromatic rings. The number of aliphatic imine (C=N–C) groups is 1. The Balaban J connectivity index is 1.68. The lowest BCUT2D eigenvalue weighted by atomic mass is 10.1. The first kappa shape index (κ1) is 19.3. The van der Waals surface area contributed by atoms with Gasteiger partial charge in [-0.05, 0) is 58.2 Å². The molecule has 0 spiro atoms. The summed E-state index contributed by atoms with van der Waals surface area (Å²) in [5.74, 6) is 2.27. The van der Waals surface area contributed by atoms with Gasteiger partial charge >= 0.3 is 0 Å². The molecule has 1 aliphatic heterocycles. The minimum atomic E-state index is 0.151. The summed E-state index contributed by atoms with van der Waals surface area (Å²) < 4.78 is 5.63. The van der Waals surface area contributed by atoms with Gasteiger partial charge in [-0.2, -0.15) is 0 Å². The Morgan fingerprint density at radius 1 is 1.30 bits per heavy atom. The van der Waals surface area contributed by atoms with Crippen molar-refractivity contribution in [2.75, 3.05) is 24.5 Å². The summed E-state index contributed by atoms with van der Waals surface area (Å²) in [4.78, 5) is 11.5. The molecule has 3 rings (SSSR count). The normalized spacial score (nSPS) is 15.9. The van der Waals surface area contributed by atoms with Gasteiger partial charge in [-0.1, -0.05) is 12.1 Å². The second-order valence-electron chi connectivity index (χ2n) is 7.10. The van der Waals surface area contributed by atoms with Crippen LogP contribution in [-0.2, 0) is 6.54 Å². The van der Waals surface area contributed by atoms with E-state index >= 15 is 0 Å². The van der Waals surface area contributed by atoms with Crippen molar-refractivity contribution in [1.82, 2.24) is 15.6 Å². The second-order valence-corrected chi connectivity index (χ2v) is 7.10. The van der Waals surface area contributed by atoms with Crippen LogP contribution >= 0.6 is 0 Å². The quantitative estimate of drug-likeness (QED) is 0.600. The van der Waals surface area contributed by atoms with Crippen molar-refractivity contribution in [3.05, 3.63) is 47.2 Å². The van der Waals surface area contributed by atoms with E-state index in [0.717, 1.165) is 37.0 Å². The fourth-order valence-electron chi connectivity index (χ4n) is 3.33. The van der Waals surface area contributed by atoms with E-state index in [-0.39, 0.29) is 6.04 Å². The van der Waals surface area contributed by atoms with E-state index < -0.39 is 0 Å². The lowest BCUT2D eigenvalue weighted by Crippen LogP contribution is -2.38. The molecule has 1 saturated heterocycles. The molecule has 2 heterocycles. The number of aromatic nitrogens is 1. The first-order valence-corrected chi connectivity index (χ1v) is 9.89. The Morgan fingerprint density at radius 2 is 2.07 bits per heavy atom. The zero-order valence-electron chi connectivity index (χ0n) is 16.9. The maximum Gasteiger partial charge on any atom is 0.216 e. The van der Waals surface area contributed by atoms with Gasteiger partial charge in [0.25, 0.3) is 0 Å². The second kappa shape index (κ2) is 8.93. The summed E-state index contributed by atoms with van der Waals surface area (Å²) >= 11 is 0. The SMILES string of the molecule is CCNC(=NCc1nc(C)c(C)o1)NC(C)c1cccc(N2CCCC2)c1. The van der Waals surface area contributed by atoms with E-state index in [1.165, 1.54) is 24.1 Å². The van der Waals surface area contributed by atoms with Crippen LogP contribution in [0.15, 0.2) is 33.7 Å². The molecule has 6 heteroatoms. The van der Waals surface area contributed by atoms with Crippen LogP contribution in [0, 0.1) is 13.8 Å². The van der Waals surface area contributed by atoms with Gasteiger partial charge in [0.2, 0.25) is 5.89 Å². The summed E-state index contributed by atoms with van der Waals surface area (Å²) in [5, 5.41) is 6.80. The summed E-state index contributed by atoms with van der Waals surface area (Å²) in [7, 11) is 0. The number of nitrogens with one attached hydrogen (secondary N) is 2. The number of nitrogens with zero attached hydrogens (tertiary/aromatic N) is 3. The van der Waals surface area contributed by atoms with Crippen LogP contribution in [-0.4, -0.2) is 30.6 Å². The number of benzene rings is 1. The third kappa shape index (κ3) is 5.02. The molecule has 6 nitrogen and oxygen atoms in total. The Bertz CT molecular complexity index is 757. The average molecular weight is 370 g/mol. The monoisotopic (exact) mass is 369 g/mol. The lowest BCUT2D eigenvalue weighted by molar-refractivity contribution is 0.472. The van der Waals surface area contributed by atoms with Gasteiger partial charge < -0.3 is 20.0 Å². The van der Waals surface area contributed by atoms with E-state index in [2.05, 4.69) is 63.6 Å². The summed E-state index contributed by atoms with van der Waals surface area (Å²) in [6.45, 7) is 11.6. The standard InChI is InChI=1S/C21H31N5O/c1-5-22-21(23-14-20-24-15(2)17(4)27-20)25-16(3)18-9-8-10-19(13-18)26-11-6-7-12-26/h8-10,13,16H,5-7,11-12,14H2,1-4H3,(H2,22,23,25). The molecule has 1 aliphatic rings. The van der Waals surface area contributed by atoms with Crippen LogP contribution in [0.2, 0.25) is 0 Å². The van der Waals surface area contributed by atoms with Gasteiger partial charge in [-0.15, -0.1) is 0 Å². The van der Waals surface area contributed by atoms with Gasteiger partial charge in [0.1, 0.15) is 12.3 Å². The van der Waals surface area contributed by atoms with E-state index in [1.807, 2.05) is 13.8 Å². The molecule has 146 valence electrons. The molecular weight excluding hydrogens is 338 g/mol. The van der Waals surface area contributed by atoms with Crippen LogP contribution in [0.25, 0.3) is 0 Å². The Morgan fingerprint density at radius 3 is 2.74 bits per heavy atom. The number of oxazole rings is 1. The van der Waals surface area contributed by atoms with Crippen molar-refractivity contribution in [3.8, 4) is 0 Å². The smallest absolute Gasteiger partial charge is 0.216 e. The molecule has 1 atom stereocenters. The molecule has 1 aromatic heterocycles. The van der Waals surface area contributed by atoms with Crippen LogP contribution < -0.4 is 15.5 Å². The van der Waals surface area contributed by atoms with Crippen LogP contribution in [0.1, 0.15) is 55.6 Å². The van der Waals surface area contributed by atoms with Crippen molar-refractivity contribution in [2.24, 2.45) is 4.99 Å². The Hall–Kier alpha value is -2.50. The van der Waals surface area contributed by atoms with Gasteiger partial charge in [0.05, 0.1) is 11.7 Å². The van der Waals surface area contributed by atoms with Crippen molar-refractivity contribution < 1.29 is 4.42 Å². The summed E-state index contributed by atoms with van der Waals surface area (Å²) in [6, 6.07) is 8.95. The lowest BCUT2D eigenvalue weighted by Gasteiger charge is -2.22. The van der Waals surface area contributed by atoms with Gasteiger partial charge in [0, 0.05) is 25.3 Å². The highest BCUT2D eigenvalue weighted by molar-refractivity contribution is 5.80. The summed E-state index contributed by atoms with van der Waals surface area (Å²) in [6.07, 6.45) is 2.57. The predicted octanol–water partition coefficient (Wildman–Crippen LogP) is 3.71. The maximum atomic E-state index is 5.63. The minimum absolute atomic E-state index is 0.151. The molecule has 1 fully saturated rings. The topological polar surface area (TPSA) is 65.7 Å². The number of anilines is 1. The molecule has 0 bridgehead atoms. The largest absolute Gasteiger partial charge is 0.444 e. The number of hydrogen-bond acceptors (Lipinski definition) is 4. The van der Waals surface area contributed by atoms with E-state index in [1.54, 1.807) is 0 Å². The third-order valence-corrected chi connectivity index (χ3v) is 4.98. The molecule has 1 unspecified atom stereocenters. The van der Waals surface area contributed by atoms with Crippen molar-refractivity contribution in [3.63, 3.8) is 0 Å². The molecular formula is C21H31N5O. The fraction of sp³-hybridized carbons (Fsp3) is 0.524. The van der Waals surface area contributed by atoms with E-state index in [0.29, 0.717) is 12.4 Å². The van der Waals surface area contributed by atoms with E-state index in [9.17, 15) is 0 Å². The van der Waals surface area contributed by atoms with Gasteiger partial charge in [-0.25, -0.2) is 9.98 Å². The predicted molar refractivity (Wildman–Crippen MR) is 110 cm³/mol. The highest BCUT2D eigenvalue weighted by Gasteiger charge is 2.14. The Labute approximate surface area is 162 Å². The number of hydrogen-bond donors (Lipinski definition) is 2. The molecule has 0 saturated carbocycles. The molecule has 0 amide bonds. The number of guanidine groups is 1. The molecule has 27 heavy (non-hydrogen) atoms. The number of rotatable bonds is 6. The van der Waals surface area contributed by atoms with Crippen LogP contribution in [0.3, 0.4) is 0 Å². The molecule has 0 radical (unpaired) electrons. The van der Waals surface area contributed by atoms with Crippen molar-refractivity contribution in [2.45, 2.75) is 53.1 Å². The summed E-state index contributed by atoms with van der Waals surface area (Å²) in [5.41, 5.74) is 3.49. The highest BCUT2D eigenvalue weighted by atomic mass is 16.4. The third-order valence-electron chi connectivity index (χ3n) is 4.98. The zero-order valence-corrected chi connectivity index (χ0v) is 16.9. The number of aryl methyl sites for hydroxylation is 2. The van der Waals surface area contributed by atoms with Gasteiger partial charge in [-0.3, -0.25) is 0 Å². The molecule has 0 aliphatic carbocycles. The first-order valence-electron chi connectivity index (χ1n) is 9.89. The minimum Gasteiger partial charge on any atom is -0.444 e. The van der Waals surface area contributed by atoms with Crippen molar-refractivity contribution in [1.29, 1.82) is 0 Å². The average Bonchev–Trinajstić information content (AvgIpc) is 3.30. The van der Waals surface area contributed by atoms with Crippen LogP contribution in [0.4, 0.5) is 5.69 Å². The first-order chi connectivity index (χ1) is 13.1. The van der Waals surface area contributed by atoms with Crippen LogP contribution in [0.5, 0.6) is 0 Å². The molecule has 1 aromatic carbocycles. The van der Waals surface area contributed by atoms with Gasteiger partial charge in [0.15, 0.2) is 5.96 Å². The fourth-order valence-corrected chi connectivity index (χ4v) is 3.33.